The molecule has 1 aromatic rings. The number of hydrogen-bond acceptors (Lipinski definition) is 8. The molecule has 2 aliphatic rings. The third-order valence-corrected chi connectivity index (χ3v) is 6.05. The molecule has 2 saturated heterocycles. The minimum Gasteiger partial charge on any atom is -0.748 e. The van der Waals surface area contributed by atoms with E-state index in [1.54, 1.807) is 12.1 Å². The molecule has 2 fully saturated rings. The Labute approximate surface area is 155 Å². The van der Waals surface area contributed by atoms with Crippen LogP contribution in [0.1, 0.15) is 25.0 Å². The van der Waals surface area contributed by atoms with Gasteiger partial charge in [-0.2, -0.15) is 0 Å². The maximum Gasteiger partial charge on any atom is 0.266 e. The first kappa shape index (κ1) is 18.4. The van der Waals surface area contributed by atoms with Gasteiger partial charge in [-0.05, 0) is 25.3 Å². The van der Waals surface area contributed by atoms with E-state index in [1.165, 1.54) is 6.42 Å². The number of nitrogens with zero attached hydrogens (tertiary/aromatic N) is 2. The van der Waals surface area contributed by atoms with Gasteiger partial charge in [-0.25, -0.2) is 8.42 Å². The second-order valence-electron chi connectivity index (χ2n) is 5.82. The predicted octanol–water partition coefficient (Wildman–Crippen LogP) is 2.02. The van der Waals surface area contributed by atoms with E-state index in [2.05, 4.69) is 4.90 Å². The summed E-state index contributed by atoms with van der Waals surface area (Å²) in [5.74, 6) is 0.248. The van der Waals surface area contributed by atoms with Crippen LogP contribution in [0.4, 0.5) is 5.88 Å². The molecule has 25 heavy (non-hydrogen) atoms. The number of carbonyl (C=O) groups excluding carboxylic acids is 1. The van der Waals surface area contributed by atoms with Crippen molar-refractivity contribution in [3.63, 3.8) is 0 Å². The molecule has 0 aliphatic carbocycles. The zero-order chi connectivity index (χ0) is 18.0. The molecule has 2 aliphatic heterocycles. The normalized spacial score (nSPS) is 20.8. The van der Waals surface area contributed by atoms with Crippen molar-refractivity contribution in [2.75, 3.05) is 30.3 Å². The highest BCUT2D eigenvalue weighted by Gasteiger charge is 2.32. The van der Waals surface area contributed by atoms with Crippen LogP contribution < -0.4 is 4.90 Å². The third kappa shape index (κ3) is 4.63. The van der Waals surface area contributed by atoms with Gasteiger partial charge in [-0.1, -0.05) is 24.0 Å². The van der Waals surface area contributed by atoms with Crippen molar-refractivity contribution in [3.8, 4) is 0 Å². The summed E-state index contributed by atoms with van der Waals surface area (Å²) in [5, 5.41) is 0. The van der Waals surface area contributed by atoms with Gasteiger partial charge in [0.2, 0.25) is 0 Å². The first-order valence-corrected chi connectivity index (χ1v) is 10.7. The number of piperidine rings is 1. The van der Waals surface area contributed by atoms with E-state index >= 15 is 0 Å². The molecule has 0 saturated carbocycles. The van der Waals surface area contributed by atoms with E-state index in [-0.39, 0.29) is 10.9 Å². The summed E-state index contributed by atoms with van der Waals surface area (Å²) < 4.78 is 38.3. The van der Waals surface area contributed by atoms with Crippen LogP contribution in [0.15, 0.2) is 21.5 Å². The van der Waals surface area contributed by atoms with E-state index in [0.717, 1.165) is 48.5 Å². The van der Waals surface area contributed by atoms with Gasteiger partial charge in [0, 0.05) is 31.8 Å². The Hall–Kier alpha value is -1.36. The molecular formula is C15H17N2O5S3-. The van der Waals surface area contributed by atoms with Crippen LogP contribution in [-0.2, 0) is 14.9 Å². The molecule has 1 aromatic heterocycles. The Morgan fingerprint density at radius 1 is 1.28 bits per heavy atom. The van der Waals surface area contributed by atoms with Crippen LogP contribution >= 0.6 is 24.0 Å². The molecule has 0 spiro atoms. The standard InChI is InChI=1S/C15H18N2O5S3/c18-14-12(24-15(23)17(14)8-9-25(19,20)21)10-11-4-5-13(22-11)16-6-2-1-3-7-16/h4-5,10H,1-3,6-9H2,(H,19,20,21)/p-1/b12-10+. The zero-order valence-electron chi connectivity index (χ0n) is 13.3. The fourth-order valence-electron chi connectivity index (χ4n) is 2.73. The summed E-state index contributed by atoms with van der Waals surface area (Å²) in [4.78, 5) is 16.0. The second kappa shape index (κ2) is 7.48. The number of thiocarbonyl (C=S) groups is 1. The van der Waals surface area contributed by atoms with Gasteiger partial charge in [0.05, 0.1) is 20.8 Å². The topological polar surface area (TPSA) is 93.9 Å². The summed E-state index contributed by atoms with van der Waals surface area (Å²) in [6.45, 7) is 1.68. The lowest BCUT2D eigenvalue weighted by Gasteiger charge is -2.25. The van der Waals surface area contributed by atoms with Crippen molar-refractivity contribution >= 4 is 56.3 Å². The van der Waals surface area contributed by atoms with Crippen molar-refractivity contribution in [2.24, 2.45) is 0 Å². The molecule has 10 heteroatoms. The smallest absolute Gasteiger partial charge is 0.266 e. The van der Waals surface area contributed by atoms with Crippen LogP contribution in [0.5, 0.6) is 0 Å². The van der Waals surface area contributed by atoms with Crippen LogP contribution in [0, 0.1) is 0 Å². The number of rotatable bonds is 5. The number of thioether (sulfide) groups is 1. The summed E-state index contributed by atoms with van der Waals surface area (Å²) in [5.41, 5.74) is 0. The first-order chi connectivity index (χ1) is 11.8. The highest BCUT2D eigenvalue weighted by molar-refractivity contribution is 8.26. The number of carbonyl (C=O) groups is 1. The third-order valence-electron chi connectivity index (χ3n) is 3.99. The Morgan fingerprint density at radius 2 is 2.00 bits per heavy atom. The van der Waals surface area contributed by atoms with Gasteiger partial charge < -0.3 is 13.9 Å². The van der Waals surface area contributed by atoms with Crippen molar-refractivity contribution < 1.29 is 22.2 Å². The Morgan fingerprint density at radius 3 is 2.68 bits per heavy atom. The molecule has 3 heterocycles. The van der Waals surface area contributed by atoms with Crippen LogP contribution in [0.25, 0.3) is 6.08 Å². The minimum atomic E-state index is -4.40. The minimum absolute atomic E-state index is 0.231. The lowest BCUT2D eigenvalue weighted by Crippen LogP contribution is -2.32. The fraction of sp³-hybridized carbons (Fsp3) is 0.467. The molecule has 0 N–H and O–H groups in total. The van der Waals surface area contributed by atoms with Crippen molar-refractivity contribution in [1.29, 1.82) is 0 Å². The number of furan rings is 1. The highest BCUT2D eigenvalue weighted by Crippen LogP contribution is 2.33. The largest absolute Gasteiger partial charge is 0.748 e. The molecule has 7 nitrogen and oxygen atoms in total. The van der Waals surface area contributed by atoms with Gasteiger partial charge in [0.15, 0.2) is 5.88 Å². The Kier molecular flexibility index (Phi) is 5.52. The summed E-state index contributed by atoms with van der Waals surface area (Å²) >= 11 is 6.17. The maximum absolute atomic E-state index is 12.3. The summed E-state index contributed by atoms with van der Waals surface area (Å²) in [6.07, 6.45) is 5.10. The van der Waals surface area contributed by atoms with E-state index in [1.807, 2.05) is 6.07 Å². The van der Waals surface area contributed by atoms with Crippen LogP contribution in [-0.4, -0.2) is 53.5 Å². The molecule has 3 rings (SSSR count). The van der Waals surface area contributed by atoms with Crippen LogP contribution in [0.3, 0.4) is 0 Å². The lowest BCUT2D eigenvalue weighted by molar-refractivity contribution is -0.121. The Balaban J connectivity index is 1.70. The average Bonchev–Trinajstić information content (AvgIpc) is 3.12. The molecule has 0 atom stereocenters. The van der Waals surface area contributed by atoms with Gasteiger partial charge in [0.1, 0.15) is 10.1 Å². The van der Waals surface area contributed by atoms with Crippen molar-refractivity contribution in [1.82, 2.24) is 4.90 Å². The predicted molar refractivity (Wildman–Crippen MR) is 99.2 cm³/mol. The van der Waals surface area contributed by atoms with Crippen LogP contribution in [0.2, 0.25) is 0 Å². The summed E-state index contributed by atoms with van der Waals surface area (Å²) in [7, 11) is -4.40. The number of amides is 1. The Bertz CT molecular complexity index is 809. The molecule has 0 unspecified atom stereocenters. The number of anilines is 1. The van der Waals surface area contributed by atoms with E-state index in [9.17, 15) is 17.8 Å². The quantitative estimate of drug-likeness (QED) is 0.420. The highest BCUT2D eigenvalue weighted by atomic mass is 32.2. The van der Waals surface area contributed by atoms with Gasteiger partial charge in [0.25, 0.3) is 5.91 Å². The van der Waals surface area contributed by atoms with Gasteiger partial charge >= 0.3 is 0 Å². The molecule has 136 valence electrons. The molecule has 0 bridgehead atoms. The van der Waals surface area contributed by atoms with Gasteiger partial charge in [-0.15, -0.1) is 0 Å². The fourth-order valence-corrected chi connectivity index (χ4v) is 4.42. The van der Waals surface area contributed by atoms with E-state index in [0.29, 0.717) is 10.7 Å². The van der Waals surface area contributed by atoms with E-state index in [4.69, 9.17) is 16.6 Å². The monoisotopic (exact) mass is 401 g/mol. The van der Waals surface area contributed by atoms with Crippen molar-refractivity contribution in [3.05, 3.63) is 22.8 Å². The molecular weight excluding hydrogens is 384 g/mol. The molecule has 0 aromatic carbocycles. The molecule has 0 radical (unpaired) electrons. The SMILES string of the molecule is O=C1/C(=C\c2ccc(N3CCCCC3)o2)SC(=S)N1CCS(=O)(=O)[O-]. The first-order valence-electron chi connectivity index (χ1n) is 7.87. The maximum atomic E-state index is 12.3. The van der Waals surface area contributed by atoms with Crippen molar-refractivity contribution in [2.45, 2.75) is 19.3 Å². The number of hydrogen-bond donors (Lipinski definition) is 0. The summed E-state index contributed by atoms with van der Waals surface area (Å²) in [6, 6.07) is 3.67. The van der Waals surface area contributed by atoms with E-state index < -0.39 is 21.8 Å². The van der Waals surface area contributed by atoms with Gasteiger partial charge in [-0.3, -0.25) is 9.69 Å². The average molecular weight is 402 g/mol. The second-order valence-corrected chi connectivity index (χ2v) is 9.02. The molecule has 1 amide bonds. The zero-order valence-corrected chi connectivity index (χ0v) is 15.8. The lowest BCUT2D eigenvalue weighted by atomic mass is 10.1.